The highest BCUT2D eigenvalue weighted by Gasteiger charge is 2.31. The number of carbonyl (C=O) groups excluding carboxylic acids is 1. The van der Waals surface area contributed by atoms with Crippen LogP contribution >= 0.6 is 0 Å². The van der Waals surface area contributed by atoms with Gasteiger partial charge in [-0.1, -0.05) is 13.0 Å². The maximum atomic E-state index is 12.0. The Labute approximate surface area is 117 Å². The van der Waals surface area contributed by atoms with Gasteiger partial charge >= 0.3 is 0 Å². The van der Waals surface area contributed by atoms with Crippen LogP contribution in [0.1, 0.15) is 19.0 Å². The quantitative estimate of drug-likeness (QED) is 0.857. The van der Waals surface area contributed by atoms with Gasteiger partial charge in [0.15, 0.2) is 5.82 Å². The predicted octanol–water partition coefficient (Wildman–Crippen LogP) is 0.541. The van der Waals surface area contributed by atoms with Gasteiger partial charge in [-0.25, -0.2) is 4.98 Å². The van der Waals surface area contributed by atoms with Crippen molar-refractivity contribution in [2.75, 3.05) is 18.0 Å². The second-order valence-electron chi connectivity index (χ2n) is 4.88. The van der Waals surface area contributed by atoms with Crippen LogP contribution in [-0.2, 0) is 11.4 Å². The van der Waals surface area contributed by atoms with Crippen LogP contribution in [0.25, 0.3) is 5.65 Å². The first kappa shape index (κ1) is 12.9. The molecule has 6 heteroatoms. The summed E-state index contributed by atoms with van der Waals surface area (Å²) in [6, 6.07) is 5.48. The molecule has 0 radical (unpaired) electrons. The molecule has 2 N–H and O–H groups in total. The molecular weight excluding hydrogens is 256 g/mol. The van der Waals surface area contributed by atoms with E-state index in [0.29, 0.717) is 25.3 Å². The number of imidazole rings is 1. The van der Waals surface area contributed by atoms with Crippen molar-refractivity contribution in [3.05, 3.63) is 30.1 Å². The average Bonchev–Trinajstić information content (AvgIpc) is 2.85. The van der Waals surface area contributed by atoms with Gasteiger partial charge in [-0.3, -0.25) is 9.20 Å². The van der Waals surface area contributed by atoms with Gasteiger partial charge in [0, 0.05) is 19.3 Å². The summed E-state index contributed by atoms with van der Waals surface area (Å²) in [5, 5.41) is 12.5. The van der Waals surface area contributed by atoms with E-state index >= 15 is 0 Å². The van der Waals surface area contributed by atoms with Gasteiger partial charge in [-0.2, -0.15) is 0 Å². The maximum Gasteiger partial charge on any atom is 0.242 e. The van der Waals surface area contributed by atoms with E-state index in [1.54, 1.807) is 0 Å². The van der Waals surface area contributed by atoms with Gasteiger partial charge in [0.1, 0.15) is 11.7 Å². The maximum absolute atomic E-state index is 12.0. The number of aliphatic hydroxyl groups excluding tert-OH is 1. The molecule has 0 aromatic carbocycles. The molecule has 1 amide bonds. The van der Waals surface area contributed by atoms with Crippen molar-refractivity contribution < 1.29 is 9.90 Å². The number of nitrogens with zero attached hydrogens (tertiary/aromatic N) is 3. The van der Waals surface area contributed by atoms with Crippen LogP contribution < -0.4 is 10.2 Å². The zero-order chi connectivity index (χ0) is 14.1. The molecule has 106 valence electrons. The Morgan fingerprint density at radius 3 is 3.10 bits per heavy atom. The number of pyridine rings is 1. The molecule has 0 bridgehead atoms. The van der Waals surface area contributed by atoms with Crippen molar-refractivity contribution in [1.82, 2.24) is 14.7 Å². The Balaban J connectivity index is 2.10. The average molecular weight is 274 g/mol. The minimum atomic E-state index is -0.223. The summed E-state index contributed by atoms with van der Waals surface area (Å²) in [5.74, 6) is 0.736. The van der Waals surface area contributed by atoms with Crippen molar-refractivity contribution in [1.29, 1.82) is 0 Å². The third kappa shape index (κ3) is 1.92. The van der Waals surface area contributed by atoms with Crippen molar-refractivity contribution >= 4 is 17.4 Å². The Bertz CT molecular complexity index is 637. The number of carbonyl (C=O) groups is 1. The molecule has 1 saturated heterocycles. The van der Waals surface area contributed by atoms with Gasteiger partial charge in [-0.15, -0.1) is 0 Å². The first-order valence-corrected chi connectivity index (χ1v) is 6.87. The number of anilines is 1. The lowest BCUT2D eigenvalue weighted by Crippen LogP contribution is -2.55. The Hall–Kier alpha value is -2.08. The molecule has 1 atom stereocenters. The Kier molecular flexibility index (Phi) is 3.31. The van der Waals surface area contributed by atoms with E-state index in [-0.39, 0.29) is 18.6 Å². The van der Waals surface area contributed by atoms with E-state index in [2.05, 4.69) is 10.3 Å². The molecule has 6 nitrogen and oxygen atoms in total. The standard InChI is InChI=1S/C14H18N4O2/c1-2-10-14(20)15-6-8-18(10)13-11(9-19)17-7-4-3-5-12(17)16-13/h3-5,7,10,19H,2,6,8-9H2,1H3,(H,15,20). The number of fused-ring (bicyclic) bond motifs is 1. The van der Waals surface area contributed by atoms with E-state index < -0.39 is 0 Å². The summed E-state index contributed by atoms with van der Waals surface area (Å²) >= 11 is 0. The summed E-state index contributed by atoms with van der Waals surface area (Å²) in [6.07, 6.45) is 2.59. The van der Waals surface area contributed by atoms with Gasteiger partial charge in [-0.05, 0) is 18.6 Å². The topological polar surface area (TPSA) is 69.9 Å². The lowest BCUT2D eigenvalue weighted by molar-refractivity contribution is -0.123. The molecule has 2 aromatic heterocycles. The highest BCUT2D eigenvalue weighted by molar-refractivity contribution is 5.86. The van der Waals surface area contributed by atoms with Crippen molar-refractivity contribution in [3.8, 4) is 0 Å². The van der Waals surface area contributed by atoms with Gasteiger partial charge in [0.2, 0.25) is 5.91 Å². The third-order valence-electron chi connectivity index (χ3n) is 3.75. The molecule has 0 spiro atoms. The summed E-state index contributed by atoms with van der Waals surface area (Å²) in [4.78, 5) is 18.6. The molecule has 0 aliphatic carbocycles. The first-order chi connectivity index (χ1) is 9.76. The number of hydrogen-bond acceptors (Lipinski definition) is 4. The number of piperazine rings is 1. The fourth-order valence-electron chi connectivity index (χ4n) is 2.79. The van der Waals surface area contributed by atoms with E-state index in [0.717, 1.165) is 11.3 Å². The SMILES string of the molecule is CCC1C(=O)NCCN1c1nc2ccccn2c1CO. The molecule has 1 unspecified atom stereocenters. The zero-order valence-corrected chi connectivity index (χ0v) is 11.4. The number of rotatable bonds is 3. The van der Waals surface area contributed by atoms with Gasteiger partial charge < -0.3 is 15.3 Å². The number of nitrogens with one attached hydrogen (secondary N) is 1. The molecular formula is C14H18N4O2. The molecule has 3 rings (SSSR count). The molecule has 1 aliphatic heterocycles. The smallest absolute Gasteiger partial charge is 0.242 e. The number of amides is 1. The van der Waals surface area contributed by atoms with Crippen LogP contribution in [0, 0.1) is 0 Å². The minimum absolute atomic E-state index is 0.0275. The Morgan fingerprint density at radius 2 is 2.35 bits per heavy atom. The first-order valence-electron chi connectivity index (χ1n) is 6.87. The van der Waals surface area contributed by atoms with Crippen LogP contribution in [0.5, 0.6) is 0 Å². The summed E-state index contributed by atoms with van der Waals surface area (Å²) in [7, 11) is 0. The Morgan fingerprint density at radius 1 is 1.50 bits per heavy atom. The van der Waals surface area contributed by atoms with E-state index in [1.807, 2.05) is 40.6 Å². The monoisotopic (exact) mass is 274 g/mol. The predicted molar refractivity (Wildman–Crippen MR) is 75.5 cm³/mol. The molecule has 2 aromatic rings. The van der Waals surface area contributed by atoms with Gasteiger partial charge in [0.05, 0.1) is 12.3 Å². The van der Waals surface area contributed by atoms with Crippen molar-refractivity contribution in [3.63, 3.8) is 0 Å². The van der Waals surface area contributed by atoms with Crippen LogP contribution in [0.4, 0.5) is 5.82 Å². The zero-order valence-electron chi connectivity index (χ0n) is 11.4. The van der Waals surface area contributed by atoms with Crippen LogP contribution in [0.3, 0.4) is 0 Å². The lowest BCUT2D eigenvalue weighted by Gasteiger charge is -2.35. The van der Waals surface area contributed by atoms with Crippen molar-refractivity contribution in [2.45, 2.75) is 26.0 Å². The lowest BCUT2D eigenvalue weighted by atomic mass is 10.1. The van der Waals surface area contributed by atoms with Crippen LogP contribution in [-0.4, -0.2) is 39.5 Å². The van der Waals surface area contributed by atoms with E-state index in [4.69, 9.17) is 0 Å². The summed E-state index contributed by atoms with van der Waals surface area (Å²) in [5.41, 5.74) is 1.51. The second-order valence-corrected chi connectivity index (χ2v) is 4.88. The second kappa shape index (κ2) is 5.13. The number of aromatic nitrogens is 2. The third-order valence-corrected chi connectivity index (χ3v) is 3.75. The molecule has 1 fully saturated rings. The highest BCUT2D eigenvalue weighted by atomic mass is 16.3. The molecule has 1 aliphatic rings. The normalized spacial score (nSPS) is 19.4. The minimum Gasteiger partial charge on any atom is -0.390 e. The summed E-state index contributed by atoms with van der Waals surface area (Å²) < 4.78 is 1.87. The largest absolute Gasteiger partial charge is 0.390 e. The van der Waals surface area contributed by atoms with E-state index in [1.165, 1.54) is 0 Å². The van der Waals surface area contributed by atoms with Crippen LogP contribution in [0.2, 0.25) is 0 Å². The highest BCUT2D eigenvalue weighted by Crippen LogP contribution is 2.25. The number of hydrogen-bond donors (Lipinski definition) is 2. The summed E-state index contributed by atoms with van der Waals surface area (Å²) in [6.45, 7) is 3.20. The van der Waals surface area contributed by atoms with Crippen LogP contribution in [0.15, 0.2) is 24.4 Å². The fraction of sp³-hybridized carbons (Fsp3) is 0.429. The van der Waals surface area contributed by atoms with Crippen molar-refractivity contribution in [2.24, 2.45) is 0 Å². The van der Waals surface area contributed by atoms with E-state index in [9.17, 15) is 9.90 Å². The molecule has 0 saturated carbocycles. The molecule has 3 heterocycles. The van der Waals surface area contributed by atoms with Gasteiger partial charge in [0.25, 0.3) is 0 Å². The fourth-order valence-corrected chi connectivity index (χ4v) is 2.79. The number of aliphatic hydroxyl groups is 1. The molecule has 20 heavy (non-hydrogen) atoms.